The fourth-order valence-electron chi connectivity index (χ4n) is 3.48. The van der Waals surface area contributed by atoms with Crippen LogP contribution in [0.2, 0.25) is 0 Å². The predicted molar refractivity (Wildman–Crippen MR) is 83.4 cm³/mol. The fraction of sp³-hybridized carbons (Fsp3) is 0.647. The summed E-state index contributed by atoms with van der Waals surface area (Å²) in [7, 11) is 0. The van der Waals surface area contributed by atoms with Crippen LogP contribution in [0.5, 0.6) is 5.75 Å². The molecule has 0 spiro atoms. The van der Waals surface area contributed by atoms with Crippen molar-refractivity contribution in [1.29, 1.82) is 0 Å². The Bertz CT molecular complexity index is 503. The van der Waals surface area contributed by atoms with E-state index in [0.717, 1.165) is 44.4 Å². The highest BCUT2D eigenvalue weighted by Crippen LogP contribution is 2.23. The third kappa shape index (κ3) is 4.62. The molecule has 2 aliphatic rings. The summed E-state index contributed by atoms with van der Waals surface area (Å²) in [5.41, 5.74) is 0. The first-order valence-electron chi connectivity index (χ1n) is 8.34. The van der Waals surface area contributed by atoms with Crippen molar-refractivity contribution in [3.8, 4) is 5.75 Å². The van der Waals surface area contributed by atoms with E-state index in [-0.39, 0.29) is 5.75 Å². The molecule has 3 rings (SSSR count). The number of rotatable bonds is 4. The minimum atomic E-state index is -0.669. The maximum atomic E-state index is 13.2. The summed E-state index contributed by atoms with van der Waals surface area (Å²) in [4.78, 5) is 2.27. The Morgan fingerprint density at radius 1 is 1.13 bits per heavy atom. The summed E-state index contributed by atoms with van der Waals surface area (Å²) in [5.74, 6) is -0.521. The van der Waals surface area contributed by atoms with Gasteiger partial charge in [-0.3, -0.25) is 0 Å². The van der Waals surface area contributed by atoms with Crippen LogP contribution < -0.4 is 10.1 Å². The molecule has 2 heterocycles. The zero-order valence-electron chi connectivity index (χ0n) is 13.2. The number of benzene rings is 1. The number of hydrogen-bond donors (Lipinski definition) is 2. The van der Waals surface area contributed by atoms with Crippen LogP contribution in [0.1, 0.15) is 19.3 Å². The van der Waals surface area contributed by atoms with E-state index in [4.69, 9.17) is 4.74 Å². The molecule has 2 atom stereocenters. The number of likely N-dealkylation sites (tertiary alicyclic amines) is 1. The molecule has 0 aromatic heterocycles. The monoisotopic (exact) mass is 326 g/mol. The van der Waals surface area contributed by atoms with Gasteiger partial charge in [-0.05, 0) is 38.3 Å². The molecule has 23 heavy (non-hydrogen) atoms. The zero-order valence-corrected chi connectivity index (χ0v) is 13.2. The highest BCUT2D eigenvalue weighted by molar-refractivity contribution is 5.24. The largest absolute Gasteiger partial charge is 0.487 e. The summed E-state index contributed by atoms with van der Waals surface area (Å²) in [6, 6.07) is 3.11. The molecule has 128 valence electrons. The first-order valence-corrected chi connectivity index (χ1v) is 8.34. The number of ether oxygens (including phenoxy) is 1. The van der Waals surface area contributed by atoms with Gasteiger partial charge in [0.1, 0.15) is 29.6 Å². The molecule has 2 N–H and O–H groups in total. The summed E-state index contributed by atoms with van der Waals surface area (Å²) in [6.45, 7) is 4.52. The number of halogens is 2. The molecule has 0 radical (unpaired) electrons. The SMILES string of the molecule is O[C@@H]1CN(CC2CCNCC2)CC[C@H]1Oc1cc(F)cc(F)c1. The molecular formula is C17H24F2N2O2. The van der Waals surface area contributed by atoms with E-state index in [1.54, 1.807) is 0 Å². The second-order valence-corrected chi connectivity index (χ2v) is 6.57. The first kappa shape index (κ1) is 16.6. The minimum absolute atomic E-state index is 0.137. The molecule has 0 saturated carbocycles. The lowest BCUT2D eigenvalue weighted by molar-refractivity contribution is -0.0299. The average molecular weight is 326 g/mol. The van der Waals surface area contributed by atoms with Crippen molar-refractivity contribution in [2.75, 3.05) is 32.7 Å². The lowest BCUT2D eigenvalue weighted by Gasteiger charge is -2.38. The van der Waals surface area contributed by atoms with Gasteiger partial charge in [0, 0.05) is 37.8 Å². The van der Waals surface area contributed by atoms with Crippen LogP contribution in [0, 0.1) is 17.6 Å². The molecule has 2 saturated heterocycles. The normalized spacial score (nSPS) is 27.1. The molecule has 0 bridgehead atoms. The third-order valence-electron chi connectivity index (χ3n) is 4.70. The number of nitrogens with zero attached hydrogens (tertiary/aromatic N) is 1. The van der Waals surface area contributed by atoms with Crippen molar-refractivity contribution in [2.24, 2.45) is 5.92 Å². The van der Waals surface area contributed by atoms with Gasteiger partial charge >= 0.3 is 0 Å². The van der Waals surface area contributed by atoms with Crippen molar-refractivity contribution in [3.63, 3.8) is 0 Å². The minimum Gasteiger partial charge on any atom is -0.487 e. The van der Waals surface area contributed by atoms with Gasteiger partial charge in [-0.2, -0.15) is 0 Å². The van der Waals surface area contributed by atoms with E-state index in [9.17, 15) is 13.9 Å². The van der Waals surface area contributed by atoms with Gasteiger partial charge in [0.05, 0.1) is 0 Å². The second-order valence-electron chi connectivity index (χ2n) is 6.57. The molecule has 4 nitrogen and oxygen atoms in total. The molecule has 0 unspecified atom stereocenters. The Morgan fingerprint density at radius 2 is 1.83 bits per heavy atom. The lowest BCUT2D eigenvalue weighted by atomic mass is 9.95. The van der Waals surface area contributed by atoms with Crippen LogP contribution in [0.15, 0.2) is 18.2 Å². The number of aliphatic hydroxyl groups is 1. The van der Waals surface area contributed by atoms with E-state index in [1.165, 1.54) is 12.8 Å². The van der Waals surface area contributed by atoms with Crippen molar-refractivity contribution in [3.05, 3.63) is 29.8 Å². The van der Waals surface area contributed by atoms with Gasteiger partial charge in [-0.25, -0.2) is 8.78 Å². The van der Waals surface area contributed by atoms with Gasteiger partial charge < -0.3 is 20.1 Å². The Morgan fingerprint density at radius 3 is 2.48 bits per heavy atom. The predicted octanol–water partition coefficient (Wildman–Crippen LogP) is 1.78. The Labute approximate surface area is 135 Å². The van der Waals surface area contributed by atoms with E-state index in [0.29, 0.717) is 18.9 Å². The zero-order chi connectivity index (χ0) is 16.2. The third-order valence-corrected chi connectivity index (χ3v) is 4.70. The standard InChI is InChI=1S/C17H24F2N2O2/c18-13-7-14(19)9-15(8-13)23-17-3-6-21(11-16(17)22)10-12-1-4-20-5-2-12/h7-9,12,16-17,20,22H,1-6,10-11H2/t16-,17-/m1/s1. The quantitative estimate of drug-likeness (QED) is 0.885. The number of nitrogens with one attached hydrogen (secondary N) is 1. The highest BCUT2D eigenvalue weighted by Gasteiger charge is 2.30. The van der Waals surface area contributed by atoms with E-state index in [2.05, 4.69) is 10.2 Å². The Balaban J connectivity index is 1.51. The summed E-state index contributed by atoms with van der Waals surface area (Å²) >= 11 is 0. The number of piperidine rings is 2. The molecule has 1 aromatic rings. The first-order chi connectivity index (χ1) is 11.1. The number of hydrogen-bond acceptors (Lipinski definition) is 4. The molecule has 2 aliphatic heterocycles. The van der Waals surface area contributed by atoms with Gasteiger partial charge in [-0.1, -0.05) is 0 Å². The van der Waals surface area contributed by atoms with Crippen molar-refractivity contribution in [1.82, 2.24) is 10.2 Å². The number of β-amino-alcohol motifs (C(OH)–C–C–N with tert-alkyl or cyclic N) is 1. The lowest BCUT2D eigenvalue weighted by Crippen LogP contribution is -2.50. The molecule has 0 amide bonds. The summed E-state index contributed by atoms with van der Waals surface area (Å²) < 4.78 is 32.0. The van der Waals surface area contributed by atoms with Crippen LogP contribution in [0.3, 0.4) is 0 Å². The summed E-state index contributed by atoms with van der Waals surface area (Å²) in [6.07, 6.45) is 1.95. The molecule has 2 fully saturated rings. The number of aliphatic hydroxyl groups excluding tert-OH is 1. The van der Waals surface area contributed by atoms with Gasteiger partial charge in [-0.15, -0.1) is 0 Å². The molecule has 0 aliphatic carbocycles. The van der Waals surface area contributed by atoms with Crippen molar-refractivity contribution >= 4 is 0 Å². The van der Waals surface area contributed by atoms with Crippen LogP contribution in [-0.4, -0.2) is 54.9 Å². The van der Waals surface area contributed by atoms with E-state index in [1.807, 2.05) is 0 Å². The highest BCUT2D eigenvalue weighted by atomic mass is 19.1. The molecule has 6 heteroatoms. The van der Waals surface area contributed by atoms with Gasteiger partial charge in [0.25, 0.3) is 0 Å². The summed E-state index contributed by atoms with van der Waals surface area (Å²) in [5, 5.41) is 13.7. The van der Waals surface area contributed by atoms with Crippen LogP contribution in [0.4, 0.5) is 8.78 Å². The van der Waals surface area contributed by atoms with Crippen LogP contribution in [0.25, 0.3) is 0 Å². The van der Waals surface area contributed by atoms with E-state index >= 15 is 0 Å². The van der Waals surface area contributed by atoms with Crippen molar-refractivity contribution in [2.45, 2.75) is 31.5 Å². The second kappa shape index (κ2) is 7.55. The Hall–Kier alpha value is -1.24. The Kier molecular flexibility index (Phi) is 5.46. The fourth-order valence-corrected chi connectivity index (χ4v) is 3.48. The van der Waals surface area contributed by atoms with Gasteiger partial charge in [0.2, 0.25) is 0 Å². The van der Waals surface area contributed by atoms with Crippen LogP contribution >= 0.6 is 0 Å². The van der Waals surface area contributed by atoms with Crippen molar-refractivity contribution < 1.29 is 18.6 Å². The molecular weight excluding hydrogens is 302 g/mol. The topological polar surface area (TPSA) is 44.7 Å². The van der Waals surface area contributed by atoms with E-state index < -0.39 is 23.8 Å². The smallest absolute Gasteiger partial charge is 0.129 e. The average Bonchev–Trinajstić information content (AvgIpc) is 2.50. The maximum absolute atomic E-state index is 13.2. The van der Waals surface area contributed by atoms with Crippen LogP contribution in [-0.2, 0) is 0 Å². The van der Waals surface area contributed by atoms with Gasteiger partial charge in [0.15, 0.2) is 0 Å². The maximum Gasteiger partial charge on any atom is 0.129 e. The molecule has 1 aromatic carbocycles.